The second-order valence-corrected chi connectivity index (χ2v) is 8.82. The third-order valence-electron chi connectivity index (χ3n) is 6.70. The largest absolute Gasteiger partial charge is 0.457 e. The number of aromatic nitrogens is 1. The molecule has 2 aromatic heterocycles. The van der Waals surface area contributed by atoms with Gasteiger partial charge in [-0.1, -0.05) is 55.0 Å². The van der Waals surface area contributed by atoms with E-state index in [4.69, 9.17) is 14.1 Å². The van der Waals surface area contributed by atoms with E-state index in [1.54, 1.807) is 6.07 Å². The number of hydrogen-bond acceptors (Lipinski definition) is 5. The maximum atomic E-state index is 13.5. The topological polar surface area (TPSA) is 69.4 Å². The predicted octanol–water partition coefficient (Wildman–Crippen LogP) is 6.12. The minimum Gasteiger partial charge on any atom is -0.457 e. The van der Waals surface area contributed by atoms with Gasteiger partial charge in [-0.15, -0.1) is 0 Å². The fourth-order valence-electron chi connectivity index (χ4n) is 5.13. The monoisotopic (exact) mass is 449 g/mol. The van der Waals surface area contributed by atoms with Crippen molar-refractivity contribution in [1.82, 2.24) is 4.98 Å². The summed E-state index contributed by atoms with van der Waals surface area (Å²) in [5, 5.41) is 3.60. The minimum absolute atomic E-state index is 0.0135. The van der Waals surface area contributed by atoms with Crippen molar-refractivity contribution >= 4 is 38.6 Å². The lowest BCUT2D eigenvalue weighted by molar-refractivity contribution is 0.0474. The van der Waals surface area contributed by atoms with Gasteiger partial charge in [0.05, 0.1) is 11.1 Å². The van der Waals surface area contributed by atoms with Crippen molar-refractivity contribution in [3.05, 3.63) is 99.5 Å². The quantitative estimate of drug-likeness (QED) is 0.144. The molecule has 0 amide bonds. The molecule has 0 N–H and O–H groups in total. The predicted molar refractivity (Wildman–Crippen MR) is 132 cm³/mol. The van der Waals surface area contributed by atoms with Gasteiger partial charge in [0.1, 0.15) is 12.2 Å². The first kappa shape index (κ1) is 20.6. The summed E-state index contributed by atoms with van der Waals surface area (Å²) in [4.78, 5) is 30.7. The highest BCUT2D eigenvalue weighted by atomic mass is 16.5. The molecule has 0 bridgehead atoms. The molecule has 0 saturated carbocycles. The molecular weight excluding hydrogens is 426 g/mol. The number of para-hydroxylation sites is 1. The Morgan fingerprint density at radius 1 is 0.912 bits per heavy atom. The number of esters is 1. The van der Waals surface area contributed by atoms with Crippen molar-refractivity contribution in [2.75, 3.05) is 0 Å². The summed E-state index contributed by atoms with van der Waals surface area (Å²) in [6.07, 6.45) is 4.92. The molecule has 0 atom stereocenters. The van der Waals surface area contributed by atoms with Crippen molar-refractivity contribution in [2.24, 2.45) is 0 Å². The van der Waals surface area contributed by atoms with Crippen LogP contribution in [0.3, 0.4) is 0 Å². The SMILES string of the molecule is O=C(OCc1cc(=O)oc2ccc3ccccc3c12)c1c2c(nc3ccccc13)CCCCC2. The molecule has 5 nitrogen and oxygen atoms in total. The van der Waals surface area contributed by atoms with Gasteiger partial charge in [0, 0.05) is 28.1 Å². The van der Waals surface area contributed by atoms with Crippen LogP contribution in [0.15, 0.2) is 75.9 Å². The molecule has 6 rings (SSSR count). The van der Waals surface area contributed by atoms with Gasteiger partial charge in [-0.2, -0.15) is 0 Å². The molecule has 1 aliphatic rings. The van der Waals surface area contributed by atoms with Crippen molar-refractivity contribution in [1.29, 1.82) is 0 Å². The standard InChI is InChI=1S/C29H23NO4/c31-26-16-19(27-20-9-5-4-8-18(20)14-15-25(27)34-26)17-33-29(32)28-21-10-2-1-3-12-23(21)30-24-13-7-6-11-22(24)28/h4-9,11,13-16H,1-3,10,12,17H2. The second-order valence-electron chi connectivity index (χ2n) is 8.82. The van der Waals surface area contributed by atoms with E-state index in [2.05, 4.69) is 0 Å². The van der Waals surface area contributed by atoms with Crippen LogP contribution in [0.4, 0.5) is 0 Å². The Hall–Kier alpha value is -3.99. The van der Waals surface area contributed by atoms with Crippen LogP contribution < -0.4 is 5.63 Å². The third kappa shape index (κ3) is 3.54. The molecule has 0 spiro atoms. The maximum absolute atomic E-state index is 13.5. The van der Waals surface area contributed by atoms with Crippen LogP contribution in [0.25, 0.3) is 32.6 Å². The zero-order valence-corrected chi connectivity index (χ0v) is 18.7. The molecule has 3 aromatic carbocycles. The number of fused-ring (bicyclic) bond motifs is 5. The Bertz CT molecular complexity index is 1630. The minimum atomic E-state index is -0.461. The van der Waals surface area contributed by atoms with Crippen molar-refractivity contribution in [3.8, 4) is 0 Å². The van der Waals surface area contributed by atoms with Crippen molar-refractivity contribution in [3.63, 3.8) is 0 Å². The highest BCUT2D eigenvalue weighted by molar-refractivity contribution is 6.07. The van der Waals surface area contributed by atoms with E-state index >= 15 is 0 Å². The molecule has 2 heterocycles. The van der Waals surface area contributed by atoms with Crippen LogP contribution in [0.2, 0.25) is 0 Å². The van der Waals surface area contributed by atoms with E-state index in [1.165, 1.54) is 6.07 Å². The lowest BCUT2D eigenvalue weighted by atomic mass is 9.97. The van der Waals surface area contributed by atoms with Crippen LogP contribution in [-0.2, 0) is 24.2 Å². The fourth-order valence-corrected chi connectivity index (χ4v) is 5.13. The van der Waals surface area contributed by atoms with Crippen LogP contribution in [0, 0.1) is 0 Å². The number of nitrogens with zero attached hydrogens (tertiary/aromatic N) is 1. The summed E-state index contributed by atoms with van der Waals surface area (Å²) in [7, 11) is 0. The number of aryl methyl sites for hydroxylation is 1. The lowest BCUT2D eigenvalue weighted by Gasteiger charge is -2.15. The Morgan fingerprint density at radius 3 is 2.62 bits per heavy atom. The lowest BCUT2D eigenvalue weighted by Crippen LogP contribution is -2.13. The Balaban J connectivity index is 1.44. The van der Waals surface area contributed by atoms with Gasteiger partial charge in [-0.25, -0.2) is 9.59 Å². The van der Waals surface area contributed by atoms with E-state index in [9.17, 15) is 9.59 Å². The Kier molecular flexibility index (Phi) is 5.10. The average Bonchev–Trinajstić information content (AvgIpc) is 3.10. The van der Waals surface area contributed by atoms with Gasteiger partial charge in [-0.3, -0.25) is 4.98 Å². The highest BCUT2D eigenvalue weighted by Crippen LogP contribution is 2.31. The first-order chi connectivity index (χ1) is 16.7. The van der Waals surface area contributed by atoms with Gasteiger partial charge >= 0.3 is 11.6 Å². The molecule has 168 valence electrons. The summed E-state index contributed by atoms with van der Waals surface area (Å²) in [5.41, 5.74) is 4.09. The van der Waals surface area contributed by atoms with Crippen molar-refractivity contribution < 1.29 is 13.9 Å². The van der Waals surface area contributed by atoms with Gasteiger partial charge in [-0.05, 0) is 54.2 Å². The van der Waals surface area contributed by atoms with Crippen LogP contribution in [-0.4, -0.2) is 11.0 Å². The highest BCUT2D eigenvalue weighted by Gasteiger charge is 2.23. The zero-order chi connectivity index (χ0) is 23.1. The molecular formula is C29H23NO4. The van der Waals surface area contributed by atoms with E-state index in [0.29, 0.717) is 16.7 Å². The number of carbonyl (C=O) groups is 1. The van der Waals surface area contributed by atoms with E-state index in [1.807, 2.05) is 54.6 Å². The zero-order valence-electron chi connectivity index (χ0n) is 18.7. The third-order valence-corrected chi connectivity index (χ3v) is 6.70. The van der Waals surface area contributed by atoms with E-state index < -0.39 is 5.63 Å². The van der Waals surface area contributed by atoms with E-state index in [0.717, 1.165) is 70.4 Å². The summed E-state index contributed by atoms with van der Waals surface area (Å²) in [6.45, 7) is -0.0135. The fraction of sp³-hybridized carbons (Fsp3) is 0.207. The smallest absolute Gasteiger partial charge is 0.339 e. The molecule has 5 heteroatoms. The average molecular weight is 450 g/mol. The van der Waals surface area contributed by atoms with Gasteiger partial charge in [0.25, 0.3) is 0 Å². The number of hydrogen-bond donors (Lipinski definition) is 0. The van der Waals surface area contributed by atoms with Gasteiger partial charge in [0.2, 0.25) is 0 Å². The van der Waals surface area contributed by atoms with Crippen LogP contribution in [0.1, 0.15) is 46.4 Å². The number of carbonyl (C=O) groups excluding carboxylic acids is 1. The number of rotatable bonds is 3. The second kappa shape index (κ2) is 8.41. The molecule has 34 heavy (non-hydrogen) atoms. The first-order valence-electron chi connectivity index (χ1n) is 11.7. The summed E-state index contributed by atoms with van der Waals surface area (Å²) >= 11 is 0. The summed E-state index contributed by atoms with van der Waals surface area (Å²) < 4.78 is 11.3. The molecule has 1 aliphatic carbocycles. The Morgan fingerprint density at radius 2 is 1.71 bits per heavy atom. The van der Waals surface area contributed by atoms with Gasteiger partial charge < -0.3 is 9.15 Å². The molecule has 0 unspecified atom stereocenters. The van der Waals surface area contributed by atoms with E-state index in [-0.39, 0.29) is 12.6 Å². The first-order valence-corrected chi connectivity index (χ1v) is 11.7. The van der Waals surface area contributed by atoms with Crippen LogP contribution >= 0.6 is 0 Å². The summed E-state index contributed by atoms with van der Waals surface area (Å²) in [6, 6.07) is 20.8. The molecule has 0 radical (unpaired) electrons. The van der Waals surface area contributed by atoms with Crippen molar-refractivity contribution in [2.45, 2.75) is 38.7 Å². The number of benzene rings is 3. The molecule has 0 fully saturated rings. The Labute approximate surface area is 196 Å². The van der Waals surface area contributed by atoms with Gasteiger partial charge in [0.15, 0.2) is 0 Å². The number of pyridine rings is 1. The molecule has 0 saturated heterocycles. The molecule has 5 aromatic rings. The normalized spacial score (nSPS) is 13.6. The molecule has 0 aliphatic heterocycles. The summed E-state index contributed by atoms with van der Waals surface area (Å²) in [5.74, 6) is -0.377. The number of ether oxygens (including phenoxy) is 1. The van der Waals surface area contributed by atoms with Crippen LogP contribution in [0.5, 0.6) is 0 Å². The maximum Gasteiger partial charge on any atom is 0.339 e.